The average molecular weight is 614 g/mol. The van der Waals surface area contributed by atoms with Crippen LogP contribution in [0.1, 0.15) is 13.8 Å². The van der Waals surface area contributed by atoms with Crippen LogP contribution < -0.4 is 20.7 Å². The van der Waals surface area contributed by atoms with Crippen LogP contribution in [0.2, 0.25) is 5.02 Å². The molecule has 2 aromatic carbocycles. The van der Waals surface area contributed by atoms with E-state index in [1.165, 1.54) is 19.4 Å². The minimum Gasteiger partial charge on any atom is -0.494 e. The van der Waals surface area contributed by atoms with Crippen molar-refractivity contribution >= 4 is 56.2 Å². The Morgan fingerprint density at radius 3 is 2.55 bits per heavy atom. The first-order chi connectivity index (χ1) is 20.1. The molecule has 1 fully saturated rings. The number of aromatic nitrogens is 2. The number of hydrogen-bond acceptors (Lipinski definition) is 10. The van der Waals surface area contributed by atoms with Crippen molar-refractivity contribution in [2.75, 3.05) is 62.8 Å². The lowest BCUT2D eigenvalue weighted by atomic mass is 10.2. The Labute approximate surface area is 251 Å². The Morgan fingerprint density at radius 2 is 1.83 bits per heavy atom. The number of likely N-dealkylation sites (N-methyl/N-ethyl adjacent to an activating group) is 1. The third-order valence-corrected chi connectivity index (χ3v) is 9.24. The summed E-state index contributed by atoms with van der Waals surface area (Å²) in [4.78, 5) is 25.9. The lowest BCUT2D eigenvalue weighted by Gasteiger charge is -2.31. The SMILES string of the molecule is COc1cc(NC(=O)/C=C/CN2CCN(C)CC2)ccc1Nc1ncc(Cl)c(Nc2ccccc2S(=O)(=O)C(C)C)n1. The molecule has 0 atom stereocenters. The highest BCUT2D eigenvalue weighted by molar-refractivity contribution is 7.92. The number of halogens is 1. The van der Waals surface area contributed by atoms with Gasteiger partial charge in [0, 0.05) is 50.6 Å². The second-order valence-corrected chi connectivity index (χ2v) is 13.0. The number of anilines is 5. The summed E-state index contributed by atoms with van der Waals surface area (Å²) in [6, 6.07) is 11.7. The number of para-hydroxylation sites is 1. The number of nitrogens with one attached hydrogen (secondary N) is 3. The number of nitrogens with zero attached hydrogens (tertiary/aromatic N) is 4. The number of ether oxygens (including phenoxy) is 1. The van der Waals surface area contributed by atoms with Crippen LogP contribution in [0.15, 0.2) is 65.7 Å². The summed E-state index contributed by atoms with van der Waals surface area (Å²) in [5, 5.41) is 8.59. The molecule has 0 bridgehead atoms. The molecule has 3 N–H and O–H groups in total. The normalized spacial score (nSPS) is 14.7. The number of hydrogen-bond donors (Lipinski definition) is 3. The Hall–Kier alpha value is -3.71. The number of rotatable bonds is 11. The number of carbonyl (C=O) groups excluding carboxylic acids is 1. The molecule has 1 aromatic heterocycles. The first kappa shape index (κ1) is 31.2. The minimum atomic E-state index is -3.55. The molecule has 0 spiro atoms. The molecule has 2 heterocycles. The van der Waals surface area contributed by atoms with Crippen molar-refractivity contribution in [1.29, 1.82) is 0 Å². The van der Waals surface area contributed by atoms with E-state index in [1.807, 2.05) is 6.08 Å². The van der Waals surface area contributed by atoms with Gasteiger partial charge in [0.2, 0.25) is 11.9 Å². The van der Waals surface area contributed by atoms with Crippen LogP contribution in [0, 0.1) is 0 Å². The molecule has 224 valence electrons. The van der Waals surface area contributed by atoms with E-state index in [0.717, 1.165) is 32.7 Å². The van der Waals surface area contributed by atoms with Crippen molar-refractivity contribution in [2.45, 2.75) is 24.0 Å². The van der Waals surface area contributed by atoms with E-state index in [4.69, 9.17) is 16.3 Å². The van der Waals surface area contributed by atoms with Gasteiger partial charge in [0.25, 0.3) is 0 Å². The molecule has 0 saturated carbocycles. The van der Waals surface area contributed by atoms with Gasteiger partial charge in [-0.05, 0) is 45.2 Å². The smallest absolute Gasteiger partial charge is 0.248 e. The largest absolute Gasteiger partial charge is 0.494 e. The second-order valence-electron chi connectivity index (χ2n) is 10.1. The van der Waals surface area contributed by atoms with Gasteiger partial charge in [0.15, 0.2) is 15.7 Å². The standard InChI is InChI=1S/C29H36ClN7O4S/c1-20(2)42(39,40)26-9-6-5-8-24(26)33-28-22(30)19-31-29(35-28)34-23-12-11-21(18-25(23)41-4)32-27(38)10-7-13-37-16-14-36(3)15-17-37/h5-12,18-20H,13-17H2,1-4H3,(H,32,38)(H2,31,33,34,35)/b10-7+. The zero-order chi connectivity index (χ0) is 30.3. The van der Waals surface area contributed by atoms with Gasteiger partial charge in [-0.25, -0.2) is 13.4 Å². The van der Waals surface area contributed by atoms with Gasteiger partial charge in [-0.1, -0.05) is 29.8 Å². The fraction of sp³-hybridized carbons (Fsp3) is 0.345. The number of methoxy groups -OCH3 is 1. The van der Waals surface area contributed by atoms with Crippen LogP contribution in [-0.2, 0) is 14.6 Å². The monoisotopic (exact) mass is 613 g/mol. The molecule has 4 rings (SSSR count). The second kappa shape index (κ2) is 14.0. The predicted molar refractivity (Wildman–Crippen MR) is 167 cm³/mol. The van der Waals surface area contributed by atoms with E-state index in [9.17, 15) is 13.2 Å². The highest BCUT2D eigenvalue weighted by Gasteiger charge is 2.23. The lowest BCUT2D eigenvalue weighted by Crippen LogP contribution is -2.44. The molecule has 1 aliphatic rings. The Bertz CT molecular complexity index is 1540. The van der Waals surface area contributed by atoms with Gasteiger partial charge in [0.1, 0.15) is 10.8 Å². The molecular formula is C29H36ClN7O4S. The van der Waals surface area contributed by atoms with Crippen LogP contribution in [0.25, 0.3) is 0 Å². The zero-order valence-corrected chi connectivity index (χ0v) is 25.7. The molecule has 3 aromatic rings. The molecule has 0 aliphatic carbocycles. The van der Waals surface area contributed by atoms with Crippen LogP contribution in [-0.4, -0.2) is 86.2 Å². The van der Waals surface area contributed by atoms with Crippen molar-refractivity contribution in [3.8, 4) is 5.75 Å². The van der Waals surface area contributed by atoms with E-state index in [1.54, 1.807) is 56.3 Å². The maximum Gasteiger partial charge on any atom is 0.248 e. The summed E-state index contributed by atoms with van der Waals surface area (Å²) >= 11 is 6.35. The first-order valence-electron chi connectivity index (χ1n) is 13.5. The number of benzene rings is 2. The maximum atomic E-state index is 12.9. The van der Waals surface area contributed by atoms with Gasteiger partial charge in [-0.3, -0.25) is 9.69 Å². The van der Waals surface area contributed by atoms with Crippen molar-refractivity contribution in [1.82, 2.24) is 19.8 Å². The van der Waals surface area contributed by atoms with Gasteiger partial charge in [-0.15, -0.1) is 0 Å². The minimum absolute atomic E-state index is 0.151. The van der Waals surface area contributed by atoms with E-state index in [-0.39, 0.29) is 27.6 Å². The highest BCUT2D eigenvalue weighted by Crippen LogP contribution is 2.33. The number of carbonyl (C=O) groups is 1. The molecule has 1 amide bonds. The maximum absolute atomic E-state index is 12.9. The van der Waals surface area contributed by atoms with E-state index in [0.29, 0.717) is 22.8 Å². The molecule has 0 unspecified atom stereocenters. The zero-order valence-electron chi connectivity index (χ0n) is 24.1. The topological polar surface area (TPSA) is 129 Å². The van der Waals surface area contributed by atoms with E-state index < -0.39 is 15.1 Å². The third kappa shape index (κ3) is 7.97. The molecule has 0 radical (unpaired) electrons. The molecule has 1 saturated heterocycles. The van der Waals surface area contributed by atoms with Crippen molar-refractivity contribution in [2.24, 2.45) is 0 Å². The molecule has 42 heavy (non-hydrogen) atoms. The quantitative estimate of drug-likeness (QED) is 0.265. The Balaban J connectivity index is 1.44. The third-order valence-electron chi connectivity index (χ3n) is 6.76. The Morgan fingerprint density at radius 1 is 1.10 bits per heavy atom. The summed E-state index contributed by atoms with van der Waals surface area (Å²) in [7, 11) is 0.0743. The fourth-order valence-electron chi connectivity index (χ4n) is 4.23. The summed E-state index contributed by atoms with van der Waals surface area (Å²) in [6.45, 7) is 7.99. The van der Waals surface area contributed by atoms with Gasteiger partial charge in [0.05, 0.1) is 34.8 Å². The van der Waals surface area contributed by atoms with Gasteiger partial charge in [-0.2, -0.15) is 4.98 Å². The molecular weight excluding hydrogens is 578 g/mol. The fourth-order valence-corrected chi connectivity index (χ4v) is 5.57. The van der Waals surface area contributed by atoms with Gasteiger partial charge < -0.3 is 25.6 Å². The number of piperazine rings is 1. The summed E-state index contributed by atoms with van der Waals surface area (Å²) in [6.07, 6.45) is 4.82. The number of amides is 1. The number of sulfone groups is 1. The van der Waals surface area contributed by atoms with Crippen LogP contribution in [0.4, 0.5) is 28.8 Å². The summed E-state index contributed by atoms with van der Waals surface area (Å²) < 4.78 is 31.3. The Kier molecular flexibility index (Phi) is 10.4. The molecule has 13 heteroatoms. The lowest BCUT2D eigenvalue weighted by molar-refractivity contribution is -0.111. The van der Waals surface area contributed by atoms with Crippen LogP contribution in [0.5, 0.6) is 5.75 Å². The highest BCUT2D eigenvalue weighted by atomic mass is 35.5. The van der Waals surface area contributed by atoms with Crippen LogP contribution in [0.3, 0.4) is 0 Å². The van der Waals surface area contributed by atoms with Gasteiger partial charge >= 0.3 is 0 Å². The predicted octanol–water partition coefficient (Wildman–Crippen LogP) is 4.55. The first-order valence-corrected chi connectivity index (χ1v) is 15.4. The summed E-state index contributed by atoms with van der Waals surface area (Å²) in [5.41, 5.74) is 1.47. The van der Waals surface area contributed by atoms with Crippen molar-refractivity contribution in [3.63, 3.8) is 0 Å². The van der Waals surface area contributed by atoms with Crippen molar-refractivity contribution < 1.29 is 17.9 Å². The molecule has 1 aliphatic heterocycles. The van der Waals surface area contributed by atoms with E-state index >= 15 is 0 Å². The summed E-state index contributed by atoms with van der Waals surface area (Å²) in [5.74, 6) is 0.652. The van der Waals surface area contributed by atoms with Crippen LogP contribution >= 0.6 is 11.6 Å². The molecule has 11 nitrogen and oxygen atoms in total. The average Bonchev–Trinajstić information content (AvgIpc) is 2.96. The van der Waals surface area contributed by atoms with Crippen molar-refractivity contribution in [3.05, 3.63) is 65.8 Å². The van der Waals surface area contributed by atoms with E-state index in [2.05, 4.69) is 42.8 Å².